The zero-order valence-electron chi connectivity index (χ0n) is 14.8. The summed E-state index contributed by atoms with van der Waals surface area (Å²) < 4.78 is 5.24. The number of nitrogens with one attached hydrogen (secondary N) is 1. The molecule has 0 aliphatic heterocycles. The van der Waals surface area contributed by atoms with E-state index in [1.165, 1.54) is 12.8 Å². The van der Waals surface area contributed by atoms with Gasteiger partial charge < -0.3 is 15.0 Å². The van der Waals surface area contributed by atoms with Gasteiger partial charge in [0.15, 0.2) is 0 Å². The van der Waals surface area contributed by atoms with E-state index in [1.807, 2.05) is 13.8 Å². The molecule has 4 heteroatoms. The van der Waals surface area contributed by atoms with E-state index in [0.29, 0.717) is 6.61 Å². The van der Waals surface area contributed by atoms with Crippen LogP contribution in [0, 0.1) is 0 Å². The number of carbonyl (C=O) groups excluding carboxylic acids is 1. The summed E-state index contributed by atoms with van der Waals surface area (Å²) >= 11 is 0. The van der Waals surface area contributed by atoms with Crippen LogP contribution in [0.4, 0.5) is 0 Å². The normalized spacial score (nSPS) is 14.2. The number of esters is 1. The van der Waals surface area contributed by atoms with Crippen LogP contribution in [0.15, 0.2) is 0 Å². The standard InChI is InChI=1S/C17H36N2O2/c1-6-12-18-17(5,16(20)21-9-4)11-10-15-19(13-7-2)14-8-3/h18H,6-15H2,1-5H3. The Morgan fingerprint density at radius 2 is 1.67 bits per heavy atom. The lowest BCUT2D eigenvalue weighted by Gasteiger charge is -2.30. The van der Waals surface area contributed by atoms with E-state index in [2.05, 4.69) is 31.0 Å². The van der Waals surface area contributed by atoms with Gasteiger partial charge in [-0.15, -0.1) is 0 Å². The molecule has 0 aromatic heterocycles. The number of hydrogen-bond acceptors (Lipinski definition) is 4. The van der Waals surface area contributed by atoms with E-state index in [1.54, 1.807) is 0 Å². The Kier molecular flexibility index (Phi) is 11.6. The summed E-state index contributed by atoms with van der Waals surface area (Å²) in [7, 11) is 0. The maximum absolute atomic E-state index is 12.2. The van der Waals surface area contributed by atoms with Crippen LogP contribution in [0.25, 0.3) is 0 Å². The van der Waals surface area contributed by atoms with Gasteiger partial charge in [-0.2, -0.15) is 0 Å². The van der Waals surface area contributed by atoms with Crippen LogP contribution in [0.2, 0.25) is 0 Å². The highest BCUT2D eigenvalue weighted by Crippen LogP contribution is 2.16. The van der Waals surface area contributed by atoms with Crippen molar-refractivity contribution in [1.29, 1.82) is 0 Å². The molecule has 1 N–H and O–H groups in total. The third kappa shape index (κ3) is 8.42. The molecule has 0 spiro atoms. The summed E-state index contributed by atoms with van der Waals surface area (Å²) in [6, 6.07) is 0. The maximum atomic E-state index is 12.2. The number of carbonyl (C=O) groups is 1. The average Bonchev–Trinajstić information content (AvgIpc) is 2.46. The molecular formula is C17H36N2O2. The minimum absolute atomic E-state index is 0.115. The van der Waals surface area contributed by atoms with Crippen LogP contribution >= 0.6 is 0 Å². The molecule has 0 fully saturated rings. The highest BCUT2D eigenvalue weighted by atomic mass is 16.5. The number of nitrogens with zero attached hydrogens (tertiary/aromatic N) is 1. The molecule has 0 rings (SSSR count). The summed E-state index contributed by atoms with van der Waals surface area (Å²) in [6.07, 6.45) is 5.24. The molecule has 0 aromatic carbocycles. The minimum atomic E-state index is -0.546. The molecule has 0 aromatic rings. The first kappa shape index (κ1) is 20.4. The van der Waals surface area contributed by atoms with Gasteiger partial charge in [0, 0.05) is 0 Å². The third-order valence-corrected chi connectivity index (χ3v) is 3.72. The SMILES string of the molecule is CCCNC(C)(CCCN(CCC)CCC)C(=O)OCC. The van der Waals surface area contributed by atoms with Gasteiger partial charge >= 0.3 is 5.97 Å². The van der Waals surface area contributed by atoms with Crippen LogP contribution in [-0.2, 0) is 9.53 Å². The first-order chi connectivity index (χ1) is 10.0. The Hall–Kier alpha value is -0.610. The summed E-state index contributed by atoms with van der Waals surface area (Å²) in [4.78, 5) is 14.7. The predicted molar refractivity (Wildman–Crippen MR) is 89.6 cm³/mol. The van der Waals surface area contributed by atoms with E-state index in [9.17, 15) is 4.79 Å². The van der Waals surface area contributed by atoms with Crippen LogP contribution < -0.4 is 5.32 Å². The van der Waals surface area contributed by atoms with E-state index < -0.39 is 5.54 Å². The fourth-order valence-corrected chi connectivity index (χ4v) is 2.58. The van der Waals surface area contributed by atoms with Gasteiger partial charge in [0.2, 0.25) is 0 Å². The quantitative estimate of drug-likeness (QED) is 0.530. The Labute approximate surface area is 131 Å². The predicted octanol–water partition coefficient (Wildman–Crippen LogP) is 3.21. The molecule has 0 heterocycles. The zero-order chi connectivity index (χ0) is 16.1. The molecule has 0 radical (unpaired) electrons. The lowest BCUT2D eigenvalue weighted by atomic mass is 9.95. The highest BCUT2D eigenvalue weighted by Gasteiger charge is 2.33. The summed E-state index contributed by atoms with van der Waals surface area (Å²) in [5.41, 5.74) is -0.546. The van der Waals surface area contributed by atoms with Gasteiger partial charge in [-0.3, -0.25) is 4.79 Å². The average molecular weight is 300 g/mol. The van der Waals surface area contributed by atoms with E-state index in [-0.39, 0.29) is 5.97 Å². The van der Waals surface area contributed by atoms with Crippen molar-refractivity contribution in [2.45, 2.75) is 72.3 Å². The molecule has 0 amide bonds. The third-order valence-electron chi connectivity index (χ3n) is 3.72. The summed E-state index contributed by atoms with van der Waals surface area (Å²) in [5.74, 6) is -0.115. The Morgan fingerprint density at radius 3 is 2.14 bits per heavy atom. The van der Waals surface area contributed by atoms with Gasteiger partial charge in [-0.25, -0.2) is 0 Å². The molecular weight excluding hydrogens is 264 g/mol. The van der Waals surface area contributed by atoms with Gasteiger partial charge in [-0.1, -0.05) is 20.8 Å². The summed E-state index contributed by atoms with van der Waals surface area (Å²) in [6.45, 7) is 15.0. The van der Waals surface area contributed by atoms with E-state index in [4.69, 9.17) is 4.74 Å². The van der Waals surface area contributed by atoms with Crippen molar-refractivity contribution in [3.63, 3.8) is 0 Å². The van der Waals surface area contributed by atoms with Crippen molar-refractivity contribution >= 4 is 5.97 Å². The zero-order valence-corrected chi connectivity index (χ0v) is 14.8. The topological polar surface area (TPSA) is 41.6 Å². The first-order valence-electron chi connectivity index (χ1n) is 8.68. The molecule has 1 unspecified atom stereocenters. The fraction of sp³-hybridized carbons (Fsp3) is 0.941. The molecule has 126 valence electrons. The van der Waals surface area contributed by atoms with Crippen molar-refractivity contribution in [3.8, 4) is 0 Å². The van der Waals surface area contributed by atoms with Crippen LogP contribution in [-0.4, -0.2) is 49.2 Å². The van der Waals surface area contributed by atoms with Gasteiger partial charge in [-0.05, 0) is 72.1 Å². The monoisotopic (exact) mass is 300 g/mol. The van der Waals surface area contributed by atoms with E-state index in [0.717, 1.165) is 45.4 Å². The van der Waals surface area contributed by atoms with Gasteiger partial charge in [0.05, 0.1) is 6.61 Å². The lowest BCUT2D eigenvalue weighted by molar-refractivity contribution is -0.150. The maximum Gasteiger partial charge on any atom is 0.326 e. The minimum Gasteiger partial charge on any atom is -0.465 e. The molecule has 0 saturated heterocycles. The van der Waals surface area contributed by atoms with Crippen molar-refractivity contribution in [3.05, 3.63) is 0 Å². The van der Waals surface area contributed by atoms with Crippen molar-refractivity contribution in [2.75, 3.05) is 32.8 Å². The largest absolute Gasteiger partial charge is 0.465 e. The second kappa shape index (κ2) is 12.0. The molecule has 0 bridgehead atoms. The lowest BCUT2D eigenvalue weighted by Crippen LogP contribution is -2.51. The number of rotatable bonds is 13. The number of hydrogen-bond donors (Lipinski definition) is 1. The van der Waals surface area contributed by atoms with Crippen molar-refractivity contribution in [2.24, 2.45) is 0 Å². The molecule has 0 aliphatic carbocycles. The van der Waals surface area contributed by atoms with Gasteiger partial charge in [0.25, 0.3) is 0 Å². The highest BCUT2D eigenvalue weighted by molar-refractivity contribution is 5.80. The Bertz CT molecular complexity index is 266. The summed E-state index contributed by atoms with van der Waals surface area (Å²) in [5, 5.41) is 3.38. The molecule has 21 heavy (non-hydrogen) atoms. The van der Waals surface area contributed by atoms with Crippen molar-refractivity contribution < 1.29 is 9.53 Å². The smallest absolute Gasteiger partial charge is 0.326 e. The second-order valence-electron chi connectivity index (χ2n) is 5.92. The van der Waals surface area contributed by atoms with Crippen molar-refractivity contribution in [1.82, 2.24) is 10.2 Å². The van der Waals surface area contributed by atoms with Crippen LogP contribution in [0.3, 0.4) is 0 Å². The van der Waals surface area contributed by atoms with Crippen LogP contribution in [0.5, 0.6) is 0 Å². The fourth-order valence-electron chi connectivity index (χ4n) is 2.58. The van der Waals surface area contributed by atoms with E-state index >= 15 is 0 Å². The molecule has 4 nitrogen and oxygen atoms in total. The first-order valence-corrected chi connectivity index (χ1v) is 8.68. The molecule has 1 atom stereocenters. The second-order valence-corrected chi connectivity index (χ2v) is 5.92. The molecule has 0 saturated carbocycles. The Balaban J connectivity index is 4.42. The van der Waals surface area contributed by atoms with Crippen LogP contribution in [0.1, 0.15) is 66.7 Å². The van der Waals surface area contributed by atoms with Gasteiger partial charge in [0.1, 0.15) is 5.54 Å². The molecule has 0 aliphatic rings. The Morgan fingerprint density at radius 1 is 1.05 bits per heavy atom. The number of ether oxygens (including phenoxy) is 1.